The fraction of sp³-hybridized carbons (Fsp3) is 0.690. The maximum absolute atomic E-state index is 11.4. The lowest BCUT2D eigenvalue weighted by molar-refractivity contribution is -0.140. The van der Waals surface area contributed by atoms with E-state index in [0.717, 1.165) is 30.8 Å². The number of esters is 1. The number of fused-ring (bicyclic) bond motifs is 3. The van der Waals surface area contributed by atoms with Crippen molar-refractivity contribution < 1.29 is 18.7 Å². The first-order valence-corrected chi connectivity index (χ1v) is 16.0. The van der Waals surface area contributed by atoms with Crippen LogP contribution in [0.25, 0.3) is 0 Å². The topological polar surface area (TPSA) is 44.8 Å². The first-order chi connectivity index (χ1) is 15.7. The SMILES string of the molecule is CCCCCc1cc2c(c(O[Si](C)(C)C(C)(C)C)c1)C1C=C(COC(C)=O)CCC1C(C)(C)O2. The van der Waals surface area contributed by atoms with E-state index < -0.39 is 8.32 Å². The Kier molecular flexibility index (Phi) is 7.96. The fourth-order valence-electron chi connectivity index (χ4n) is 5.02. The number of aryl methyl sites for hydroxylation is 1. The normalized spacial score (nSPS) is 21.6. The Morgan fingerprint density at radius 1 is 1.21 bits per heavy atom. The first kappa shape index (κ1) is 26.8. The average molecular weight is 487 g/mol. The van der Waals surface area contributed by atoms with E-state index in [4.69, 9.17) is 13.9 Å². The Labute approximate surface area is 208 Å². The molecule has 0 aromatic heterocycles. The molecule has 3 rings (SSSR count). The second-order valence-electron chi connectivity index (χ2n) is 12.3. The van der Waals surface area contributed by atoms with E-state index in [1.54, 1.807) is 0 Å². The van der Waals surface area contributed by atoms with Crippen molar-refractivity contribution >= 4 is 14.3 Å². The fourth-order valence-corrected chi connectivity index (χ4v) is 6.04. The van der Waals surface area contributed by atoms with Crippen molar-refractivity contribution in [2.75, 3.05) is 6.61 Å². The second-order valence-corrected chi connectivity index (χ2v) is 17.0. The van der Waals surface area contributed by atoms with Gasteiger partial charge in [0.1, 0.15) is 23.7 Å². The van der Waals surface area contributed by atoms with Crippen molar-refractivity contribution in [2.24, 2.45) is 5.92 Å². The van der Waals surface area contributed by atoms with Gasteiger partial charge in [-0.3, -0.25) is 4.79 Å². The van der Waals surface area contributed by atoms with Gasteiger partial charge in [0.2, 0.25) is 8.32 Å². The summed E-state index contributed by atoms with van der Waals surface area (Å²) in [5.74, 6) is 2.30. The third-order valence-electron chi connectivity index (χ3n) is 8.09. The molecule has 1 aromatic rings. The predicted molar refractivity (Wildman–Crippen MR) is 142 cm³/mol. The summed E-state index contributed by atoms with van der Waals surface area (Å²) < 4.78 is 19.1. The van der Waals surface area contributed by atoms with Crippen LogP contribution in [0.1, 0.15) is 97.6 Å². The summed E-state index contributed by atoms with van der Waals surface area (Å²) in [5, 5.41) is 0.106. The standard InChI is InChI=1S/C29H46O4Si/c1-10-11-12-13-21-17-25-27(26(18-21)33-34(8,9)28(3,4)5)23-16-22(19-31-20(2)30)14-15-24(23)29(6,7)32-25/h16-18,23-24H,10-15,19H2,1-9H3. The lowest BCUT2D eigenvalue weighted by Gasteiger charge is -2.48. The summed E-state index contributed by atoms with van der Waals surface area (Å²) in [4.78, 5) is 11.4. The molecular weight excluding hydrogens is 440 g/mol. The quantitative estimate of drug-likeness (QED) is 0.162. The van der Waals surface area contributed by atoms with E-state index in [0.29, 0.717) is 12.5 Å². The molecule has 1 aliphatic carbocycles. The smallest absolute Gasteiger partial charge is 0.302 e. The molecule has 2 unspecified atom stereocenters. The molecule has 0 amide bonds. The minimum atomic E-state index is -2.05. The molecule has 0 radical (unpaired) electrons. The van der Waals surface area contributed by atoms with E-state index in [2.05, 4.69) is 72.8 Å². The summed E-state index contributed by atoms with van der Waals surface area (Å²) in [5.41, 5.74) is 3.42. The highest BCUT2D eigenvalue weighted by Crippen LogP contribution is 2.54. The maximum Gasteiger partial charge on any atom is 0.302 e. The van der Waals surface area contributed by atoms with Gasteiger partial charge in [0.25, 0.3) is 0 Å². The lowest BCUT2D eigenvalue weighted by Crippen LogP contribution is -2.47. The van der Waals surface area contributed by atoms with Gasteiger partial charge in [0, 0.05) is 24.3 Å². The molecule has 1 heterocycles. The molecule has 1 aromatic carbocycles. The summed E-state index contributed by atoms with van der Waals surface area (Å²) >= 11 is 0. The van der Waals surface area contributed by atoms with Crippen molar-refractivity contribution in [3.63, 3.8) is 0 Å². The maximum atomic E-state index is 11.4. The van der Waals surface area contributed by atoms with Gasteiger partial charge in [-0.25, -0.2) is 0 Å². The Hall–Kier alpha value is -1.75. The summed E-state index contributed by atoms with van der Waals surface area (Å²) in [6.45, 7) is 20.0. The molecule has 0 spiro atoms. The Bertz CT molecular complexity index is 923. The zero-order valence-corrected chi connectivity index (χ0v) is 24.0. The van der Waals surface area contributed by atoms with E-state index in [1.165, 1.54) is 42.9 Å². The lowest BCUT2D eigenvalue weighted by atomic mass is 9.68. The molecule has 0 saturated carbocycles. The number of rotatable bonds is 8. The number of allylic oxidation sites excluding steroid dienone is 1. The molecule has 0 fully saturated rings. The Morgan fingerprint density at radius 3 is 2.53 bits per heavy atom. The molecule has 34 heavy (non-hydrogen) atoms. The summed E-state index contributed by atoms with van der Waals surface area (Å²) in [6, 6.07) is 4.55. The van der Waals surface area contributed by atoms with Crippen LogP contribution in [-0.2, 0) is 16.0 Å². The van der Waals surface area contributed by atoms with Gasteiger partial charge < -0.3 is 13.9 Å². The van der Waals surface area contributed by atoms with E-state index in [-0.39, 0.29) is 22.5 Å². The highest BCUT2D eigenvalue weighted by molar-refractivity contribution is 6.74. The van der Waals surface area contributed by atoms with Crippen LogP contribution < -0.4 is 9.16 Å². The molecular formula is C29H46O4Si. The van der Waals surface area contributed by atoms with Crippen LogP contribution in [0.15, 0.2) is 23.8 Å². The number of ether oxygens (including phenoxy) is 2. The van der Waals surface area contributed by atoms with Gasteiger partial charge in [-0.05, 0) is 80.9 Å². The number of hydrogen-bond donors (Lipinski definition) is 0. The van der Waals surface area contributed by atoms with Gasteiger partial charge in [0.15, 0.2) is 0 Å². The number of benzene rings is 1. The van der Waals surface area contributed by atoms with Crippen molar-refractivity contribution in [2.45, 2.75) is 117 Å². The van der Waals surface area contributed by atoms with Crippen molar-refractivity contribution in [1.29, 1.82) is 0 Å². The van der Waals surface area contributed by atoms with Crippen molar-refractivity contribution in [3.05, 3.63) is 34.9 Å². The van der Waals surface area contributed by atoms with E-state index in [9.17, 15) is 4.79 Å². The van der Waals surface area contributed by atoms with E-state index >= 15 is 0 Å². The average Bonchev–Trinajstić information content (AvgIpc) is 2.70. The van der Waals surface area contributed by atoms with Crippen LogP contribution >= 0.6 is 0 Å². The molecule has 4 nitrogen and oxygen atoms in total. The molecule has 2 aliphatic rings. The number of carbonyl (C=O) groups is 1. The third-order valence-corrected chi connectivity index (χ3v) is 12.4. The van der Waals surface area contributed by atoms with Gasteiger partial charge in [-0.1, -0.05) is 46.6 Å². The van der Waals surface area contributed by atoms with Crippen LogP contribution in [0.5, 0.6) is 11.5 Å². The Balaban J connectivity index is 2.11. The van der Waals surface area contributed by atoms with Crippen LogP contribution in [0.3, 0.4) is 0 Å². The molecule has 0 saturated heterocycles. The zero-order chi connectivity index (χ0) is 25.3. The third kappa shape index (κ3) is 5.90. The monoisotopic (exact) mass is 486 g/mol. The van der Waals surface area contributed by atoms with Gasteiger partial charge in [-0.2, -0.15) is 0 Å². The molecule has 2 atom stereocenters. The number of unbranched alkanes of at least 4 members (excludes halogenated alkanes) is 2. The van der Waals surface area contributed by atoms with Crippen LogP contribution in [0, 0.1) is 5.92 Å². The van der Waals surface area contributed by atoms with Gasteiger partial charge >= 0.3 is 5.97 Å². The molecule has 0 N–H and O–H groups in total. The predicted octanol–water partition coefficient (Wildman–Crippen LogP) is 7.96. The minimum absolute atomic E-state index is 0.106. The largest absolute Gasteiger partial charge is 0.543 e. The van der Waals surface area contributed by atoms with Crippen LogP contribution in [0.4, 0.5) is 0 Å². The molecule has 0 bridgehead atoms. The second kappa shape index (κ2) is 10.1. The Morgan fingerprint density at radius 2 is 1.91 bits per heavy atom. The highest BCUT2D eigenvalue weighted by Gasteiger charge is 2.47. The van der Waals surface area contributed by atoms with Crippen LogP contribution in [0.2, 0.25) is 18.1 Å². The number of carbonyl (C=O) groups excluding carboxylic acids is 1. The summed E-state index contributed by atoms with van der Waals surface area (Å²) in [7, 11) is -2.05. The zero-order valence-electron chi connectivity index (χ0n) is 23.0. The van der Waals surface area contributed by atoms with E-state index in [1.807, 2.05) is 0 Å². The number of hydrogen-bond acceptors (Lipinski definition) is 4. The van der Waals surface area contributed by atoms with Crippen molar-refractivity contribution in [1.82, 2.24) is 0 Å². The first-order valence-electron chi connectivity index (χ1n) is 13.1. The van der Waals surface area contributed by atoms with Gasteiger partial charge in [-0.15, -0.1) is 0 Å². The van der Waals surface area contributed by atoms with Crippen LogP contribution in [-0.4, -0.2) is 26.5 Å². The highest BCUT2D eigenvalue weighted by atomic mass is 28.4. The molecule has 1 aliphatic heterocycles. The van der Waals surface area contributed by atoms with Gasteiger partial charge in [0.05, 0.1) is 0 Å². The minimum Gasteiger partial charge on any atom is -0.543 e. The summed E-state index contributed by atoms with van der Waals surface area (Å²) in [6.07, 6.45) is 8.95. The molecule has 5 heteroatoms. The van der Waals surface area contributed by atoms with Crippen molar-refractivity contribution in [3.8, 4) is 11.5 Å². The molecule has 190 valence electrons.